The van der Waals surface area contributed by atoms with Crippen LogP contribution in [0.5, 0.6) is 0 Å². The van der Waals surface area contributed by atoms with Gasteiger partial charge in [-0.3, -0.25) is 4.90 Å². The van der Waals surface area contributed by atoms with Crippen molar-refractivity contribution < 1.29 is 0 Å². The Labute approximate surface area is 102 Å². The third kappa shape index (κ3) is 4.06. The molecular weight excluding hydrogens is 196 g/mol. The van der Waals surface area contributed by atoms with Gasteiger partial charge < -0.3 is 5.73 Å². The minimum atomic E-state index is 0.328. The molecule has 0 aliphatic carbocycles. The molecule has 0 aromatic rings. The molecule has 2 nitrogen and oxygen atoms in total. The van der Waals surface area contributed by atoms with E-state index in [9.17, 15) is 0 Å². The molecule has 3 unspecified atom stereocenters. The Morgan fingerprint density at radius 2 is 2.00 bits per heavy atom. The summed E-state index contributed by atoms with van der Waals surface area (Å²) >= 11 is 0. The summed E-state index contributed by atoms with van der Waals surface area (Å²) in [6, 6.07) is 1.68. The van der Waals surface area contributed by atoms with Gasteiger partial charge in [0.25, 0.3) is 0 Å². The van der Waals surface area contributed by atoms with Crippen LogP contribution < -0.4 is 5.73 Å². The first-order valence-electron chi connectivity index (χ1n) is 7.18. The number of hydrogen-bond acceptors (Lipinski definition) is 2. The largest absolute Gasteiger partial charge is 0.327 e. The summed E-state index contributed by atoms with van der Waals surface area (Å²) < 4.78 is 0. The fourth-order valence-electron chi connectivity index (χ4n) is 2.95. The number of unbranched alkanes of at least 4 members (excludes halogenated alkanes) is 2. The van der Waals surface area contributed by atoms with Gasteiger partial charge >= 0.3 is 0 Å². The standard InChI is InChI=1S/C14H30N2/c1-4-5-6-9-12(2)16-11-8-7-10-14(16)13(3)15/h12-14H,4-11,15H2,1-3H3. The molecule has 0 bridgehead atoms. The van der Waals surface area contributed by atoms with E-state index in [1.165, 1.54) is 51.5 Å². The van der Waals surface area contributed by atoms with Gasteiger partial charge in [-0.2, -0.15) is 0 Å². The maximum absolute atomic E-state index is 6.11. The van der Waals surface area contributed by atoms with Crippen LogP contribution in [-0.4, -0.2) is 29.6 Å². The topological polar surface area (TPSA) is 29.3 Å². The highest BCUT2D eigenvalue weighted by Gasteiger charge is 2.28. The van der Waals surface area contributed by atoms with Crippen LogP contribution in [-0.2, 0) is 0 Å². The van der Waals surface area contributed by atoms with Gasteiger partial charge in [-0.15, -0.1) is 0 Å². The van der Waals surface area contributed by atoms with E-state index < -0.39 is 0 Å². The number of piperidine rings is 1. The molecule has 0 aromatic carbocycles. The molecule has 0 spiro atoms. The second-order valence-electron chi connectivity index (χ2n) is 5.50. The van der Waals surface area contributed by atoms with Crippen LogP contribution in [0.15, 0.2) is 0 Å². The molecule has 3 atom stereocenters. The molecule has 0 amide bonds. The Morgan fingerprint density at radius 3 is 2.62 bits per heavy atom. The van der Waals surface area contributed by atoms with Crippen molar-refractivity contribution in [2.45, 2.75) is 83.8 Å². The first kappa shape index (κ1) is 14.0. The lowest BCUT2D eigenvalue weighted by atomic mass is 9.94. The van der Waals surface area contributed by atoms with Gasteiger partial charge in [-0.05, 0) is 39.7 Å². The van der Waals surface area contributed by atoms with E-state index in [2.05, 4.69) is 25.7 Å². The predicted octanol–water partition coefficient (Wildman–Crippen LogP) is 3.16. The summed E-state index contributed by atoms with van der Waals surface area (Å²) in [5.74, 6) is 0. The van der Waals surface area contributed by atoms with Gasteiger partial charge in [0.05, 0.1) is 0 Å². The number of nitrogens with zero attached hydrogens (tertiary/aromatic N) is 1. The first-order valence-corrected chi connectivity index (χ1v) is 7.18. The van der Waals surface area contributed by atoms with Crippen molar-refractivity contribution in [3.8, 4) is 0 Å². The van der Waals surface area contributed by atoms with Gasteiger partial charge in [0.1, 0.15) is 0 Å². The monoisotopic (exact) mass is 226 g/mol. The molecule has 1 aliphatic heterocycles. The van der Waals surface area contributed by atoms with Crippen molar-refractivity contribution in [1.82, 2.24) is 4.90 Å². The smallest absolute Gasteiger partial charge is 0.0247 e. The number of hydrogen-bond donors (Lipinski definition) is 1. The highest BCUT2D eigenvalue weighted by Crippen LogP contribution is 2.23. The van der Waals surface area contributed by atoms with Gasteiger partial charge in [0.15, 0.2) is 0 Å². The normalized spacial score (nSPS) is 26.6. The molecule has 1 saturated heterocycles. The van der Waals surface area contributed by atoms with Crippen molar-refractivity contribution in [1.29, 1.82) is 0 Å². The van der Waals surface area contributed by atoms with E-state index in [1.807, 2.05) is 0 Å². The highest BCUT2D eigenvalue weighted by atomic mass is 15.2. The zero-order valence-electron chi connectivity index (χ0n) is 11.4. The van der Waals surface area contributed by atoms with Crippen LogP contribution in [0.2, 0.25) is 0 Å². The van der Waals surface area contributed by atoms with E-state index in [-0.39, 0.29) is 0 Å². The van der Waals surface area contributed by atoms with Crippen LogP contribution in [0.3, 0.4) is 0 Å². The minimum Gasteiger partial charge on any atom is -0.327 e. The molecule has 2 N–H and O–H groups in total. The average Bonchev–Trinajstić information content (AvgIpc) is 2.29. The Kier molecular flexibility index (Phi) is 6.37. The van der Waals surface area contributed by atoms with E-state index in [0.29, 0.717) is 12.1 Å². The lowest BCUT2D eigenvalue weighted by molar-refractivity contribution is 0.0836. The predicted molar refractivity (Wildman–Crippen MR) is 71.6 cm³/mol. The lowest BCUT2D eigenvalue weighted by Gasteiger charge is -2.42. The summed E-state index contributed by atoms with van der Waals surface area (Å²) in [6.45, 7) is 8.09. The average molecular weight is 226 g/mol. The Bertz CT molecular complexity index is 180. The molecule has 0 saturated carbocycles. The van der Waals surface area contributed by atoms with Crippen LogP contribution in [0.25, 0.3) is 0 Å². The van der Waals surface area contributed by atoms with Gasteiger partial charge in [-0.25, -0.2) is 0 Å². The summed E-state index contributed by atoms with van der Waals surface area (Å²) in [5, 5.41) is 0. The van der Waals surface area contributed by atoms with E-state index in [1.54, 1.807) is 0 Å². The Balaban J connectivity index is 2.40. The Morgan fingerprint density at radius 1 is 1.25 bits per heavy atom. The number of likely N-dealkylation sites (tertiary alicyclic amines) is 1. The summed E-state index contributed by atoms with van der Waals surface area (Å²) in [5.41, 5.74) is 6.11. The number of nitrogens with two attached hydrogens (primary N) is 1. The molecule has 0 aromatic heterocycles. The zero-order valence-corrected chi connectivity index (χ0v) is 11.4. The fraction of sp³-hybridized carbons (Fsp3) is 1.00. The molecule has 2 heteroatoms. The number of rotatable bonds is 6. The zero-order chi connectivity index (χ0) is 12.0. The maximum Gasteiger partial charge on any atom is 0.0247 e. The SMILES string of the molecule is CCCCCC(C)N1CCCCC1C(C)N. The molecule has 1 fully saturated rings. The summed E-state index contributed by atoms with van der Waals surface area (Å²) in [4.78, 5) is 2.67. The molecule has 0 radical (unpaired) electrons. The molecule has 1 rings (SSSR count). The van der Waals surface area contributed by atoms with Gasteiger partial charge in [0, 0.05) is 18.1 Å². The molecule has 96 valence electrons. The van der Waals surface area contributed by atoms with Crippen molar-refractivity contribution in [2.24, 2.45) is 5.73 Å². The highest BCUT2D eigenvalue weighted by molar-refractivity contribution is 4.86. The lowest BCUT2D eigenvalue weighted by Crippen LogP contribution is -2.52. The van der Waals surface area contributed by atoms with E-state index >= 15 is 0 Å². The van der Waals surface area contributed by atoms with Crippen molar-refractivity contribution >= 4 is 0 Å². The minimum absolute atomic E-state index is 0.328. The molecular formula is C14H30N2. The third-order valence-electron chi connectivity index (χ3n) is 3.99. The quantitative estimate of drug-likeness (QED) is 0.705. The van der Waals surface area contributed by atoms with Crippen LogP contribution in [0, 0.1) is 0 Å². The second-order valence-corrected chi connectivity index (χ2v) is 5.50. The van der Waals surface area contributed by atoms with Crippen LogP contribution in [0.1, 0.15) is 65.7 Å². The Hall–Kier alpha value is -0.0800. The summed E-state index contributed by atoms with van der Waals surface area (Å²) in [6.07, 6.45) is 9.45. The summed E-state index contributed by atoms with van der Waals surface area (Å²) in [7, 11) is 0. The van der Waals surface area contributed by atoms with Crippen molar-refractivity contribution in [3.05, 3.63) is 0 Å². The van der Waals surface area contributed by atoms with E-state index in [4.69, 9.17) is 5.73 Å². The van der Waals surface area contributed by atoms with Crippen LogP contribution in [0.4, 0.5) is 0 Å². The van der Waals surface area contributed by atoms with Crippen molar-refractivity contribution in [3.63, 3.8) is 0 Å². The fourth-order valence-corrected chi connectivity index (χ4v) is 2.95. The van der Waals surface area contributed by atoms with Crippen LogP contribution >= 0.6 is 0 Å². The molecule has 1 heterocycles. The van der Waals surface area contributed by atoms with E-state index in [0.717, 1.165) is 6.04 Å². The second kappa shape index (κ2) is 7.29. The van der Waals surface area contributed by atoms with Crippen molar-refractivity contribution in [2.75, 3.05) is 6.54 Å². The molecule has 1 aliphatic rings. The molecule has 16 heavy (non-hydrogen) atoms. The third-order valence-corrected chi connectivity index (χ3v) is 3.99. The first-order chi connectivity index (χ1) is 7.66. The van der Waals surface area contributed by atoms with Gasteiger partial charge in [-0.1, -0.05) is 32.6 Å². The van der Waals surface area contributed by atoms with Gasteiger partial charge in [0.2, 0.25) is 0 Å². The maximum atomic E-state index is 6.11.